The Morgan fingerprint density at radius 2 is 2.03 bits per heavy atom. The van der Waals surface area contributed by atoms with E-state index in [-0.39, 0.29) is 42.9 Å². The van der Waals surface area contributed by atoms with E-state index in [2.05, 4.69) is 13.0 Å². The van der Waals surface area contributed by atoms with Crippen LogP contribution in [0.4, 0.5) is 8.78 Å². The van der Waals surface area contributed by atoms with Gasteiger partial charge in [-0.2, -0.15) is 8.78 Å². The number of rotatable bonds is 8. The number of carbonyl (C=O) groups is 2. The third-order valence-corrected chi connectivity index (χ3v) is 10.5. The van der Waals surface area contributed by atoms with Gasteiger partial charge in [0.15, 0.2) is 6.29 Å². The zero-order valence-corrected chi connectivity index (χ0v) is 21.7. The van der Waals surface area contributed by atoms with Gasteiger partial charge in [0.2, 0.25) is 0 Å². The number of carboxylic acids is 1. The molecule has 200 valence electrons. The first-order chi connectivity index (χ1) is 17.0. The monoisotopic (exact) mass is 507 g/mol. The van der Waals surface area contributed by atoms with Gasteiger partial charge in [-0.3, -0.25) is 9.69 Å². The average molecular weight is 508 g/mol. The Balaban J connectivity index is 1.51. The molecule has 4 fully saturated rings. The highest BCUT2D eigenvalue weighted by Gasteiger charge is 2.84. The van der Waals surface area contributed by atoms with Gasteiger partial charge in [0, 0.05) is 25.0 Å². The van der Waals surface area contributed by atoms with Crippen molar-refractivity contribution in [2.75, 3.05) is 26.2 Å². The van der Waals surface area contributed by atoms with Crippen LogP contribution in [0, 0.1) is 45.8 Å². The minimum Gasteiger partial charge on any atom is -0.481 e. The molecule has 0 radical (unpaired) electrons. The van der Waals surface area contributed by atoms with Gasteiger partial charge in [0.25, 0.3) is 6.08 Å². The second-order valence-corrected chi connectivity index (χ2v) is 12.4. The van der Waals surface area contributed by atoms with Gasteiger partial charge in [-0.15, -0.1) is 0 Å². The van der Waals surface area contributed by atoms with E-state index in [9.17, 15) is 23.5 Å². The molecule has 0 aromatic rings. The van der Waals surface area contributed by atoms with Crippen LogP contribution in [0.2, 0.25) is 0 Å². The van der Waals surface area contributed by atoms with Crippen LogP contribution in [0.1, 0.15) is 53.4 Å². The highest BCUT2D eigenvalue weighted by molar-refractivity contribution is 5.90. The van der Waals surface area contributed by atoms with Crippen LogP contribution >= 0.6 is 0 Å². The molecule has 0 amide bonds. The molecule has 5 aliphatic rings. The number of nitrogens with zero attached hydrogens (tertiary/aromatic N) is 1. The number of carboxylic acid groups (broad SMARTS) is 1. The van der Waals surface area contributed by atoms with E-state index in [1.807, 2.05) is 25.7 Å². The first-order valence-corrected chi connectivity index (χ1v) is 13.4. The second-order valence-electron chi connectivity index (χ2n) is 12.4. The van der Waals surface area contributed by atoms with E-state index < -0.39 is 34.6 Å². The van der Waals surface area contributed by atoms with Gasteiger partial charge in [-0.1, -0.05) is 38.8 Å². The first-order valence-electron chi connectivity index (χ1n) is 13.4. The summed E-state index contributed by atoms with van der Waals surface area (Å²) < 4.78 is 37.8. The van der Waals surface area contributed by atoms with Crippen LogP contribution in [0.5, 0.6) is 0 Å². The highest BCUT2D eigenvalue weighted by Crippen LogP contribution is 2.82. The lowest BCUT2D eigenvalue weighted by Crippen LogP contribution is -2.64. The summed E-state index contributed by atoms with van der Waals surface area (Å²) in [5.41, 5.74) is -2.06. The lowest BCUT2D eigenvalue weighted by atomic mass is 9.43. The summed E-state index contributed by atoms with van der Waals surface area (Å²) in [7, 11) is 0. The van der Waals surface area contributed by atoms with E-state index in [1.165, 1.54) is 0 Å². The third kappa shape index (κ3) is 3.36. The SMILES string of the molecule is CC(C)C1=C[C@H]2C[C@@]3(C=O)[C@@H]4CC[C@@H](C)[C@H]4C[C@@]2(CO[C@H]2CN(CC=C(F)F)C[C@@H](C)O2)[C@]13C(=O)O. The van der Waals surface area contributed by atoms with Gasteiger partial charge in [-0.25, -0.2) is 0 Å². The number of hydrogen-bond acceptors (Lipinski definition) is 5. The van der Waals surface area contributed by atoms with Crippen LogP contribution in [-0.2, 0) is 19.1 Å². The molecular weight excluding hydrogens is 468 g/mol. The summed E-state index contributed by atoms with van der Waals surface area (Å²) >= 11 is 0. The molecule has 4 bridgehead atoms. The fraction of sp³-hybridized carbons (Fsp3) is 0.786. The molecule has 3 saturated carbocycles. The summed E-state index contributed by atoms with van der Waals surface area (Å²) in [6.07, 6.45) is 4.70. The lowest BCUT2D eigenvalue weighted by molar-refractivity contribution is -0.235. The van der Waals surface area contributed by atoms with Crippen molar-refractivity contribution in [2.24, 2.45) is 45.8 Å². The molecule has 36 heavy (non-hydrogen) atoms. The highest BCUT2D eigenvalue weighted by atomic mass is 19.3. The molecule has 9 atom stereocenters. The fourth-order valence-electron chi connectivity index (χ4n) is 9.31. The van der Waals surface area contributed by atoms with Crippen LogP contribution in [0.25, 0.3) is 0 Å². The predicted octanol–water partition coefficient (Wildman–Crippen LogP) is 4.75. The Morgan fingerprint density at radius 3 is 2.67 bits per heavy atom. The molecule has 1 N–H and O–H groups in total. The van der Waals surface area contributed by atoms with Crippen molar-refractivity contribution in [3.63, 3.8) is 0 Å². The molecule has 0 aromatic heterocycles. The minimum atomic E-state index is -1.71. The maximum Gasteiger partial charge on any atom is 0.315 e. The Bertz CT molecular complexity index is 979. The van der Waals surface area contributed by atoms with Crippen molar-refractivity contribution in [2.45, 2.75) is 65.8 Å². The van der Waals surface area contributed by atoms with Crippen LogP contribution in [0.15, 0.2) is 23.8 Å². The third-order valence-electron chi connectivity index (χ3n) is 10.5. The van der Waals surface area contributed by atoms with Crippen LogP contribution in [0.3, 0.4) is 0 Å². The summed E-state index contributed by atoms with van der Waals surface area (Å²) in [6.45, 7) is 9.31. The van der Waals surface area contributed by atoms with Crippen LogP contribution in [-0.4, -0.2) is 60.9 Å². The fourth-order valence-corrected chi connectivity index (χ4v) is 9.31. The molecule has 6 nitrogen and oxygen atoms in total. The van der Waals surface area contributed by atoms with Crippen molar-refractivity contribution >= 4 is 12.3 Å². The molecule has 0 unspecified atom stereocenters. The van der Waals surface area contributed by atoms with Crippen molar-refractivity contribution < 1.29 is 33.0 Å². The number of ether oxygens (including phenoxy) is 2. The average Bonchev–Trinajstić information content (AvgIpc) is 3.38. The van der Waals surface area contributed by atoms with Gasteiger partial charge in [0.05, 0.1) is 18.1 Å². The molecule has 4 aliphatic carbocycles. The number of morpholine rings is 1. The van der Waals surface area contributed by atoms with Gasteiger partial charge < -0.3 is 19.4 Å². The van der Waals surface area contributed by atoms with Crippen LogP contribution < -0.4 is 0 Å². The maximum atomic E-state index is 13.5. The molecule has 5 rings (SSSR count). The number of aldehydes is 1. The minimum absolute atomic E-state index is 0.00399. The number of hydrogen-bond donors (Lipinski definition) is 1. The van der Waals surface area contributed by atoms with Crippen molar-refractivity contribution in [3.05, 3.63) is 23.8 Å². The topological polar surface area (TPSA) is 76.1 Å². The zero-order chi connectivity index (χ0) is 26.0. The normalized spacial score (nSPS) is 45.5. The maximum absolute atomic E-state index is 13.5. The first kappa shape index (κ1) is 26.0. The van der Waals surface area contributed by atoms with E-state index >= 15 is 0 Å². The number of fused-ring (bicyclic) bond motifs is 2. The summed E-state index contributed by atoms with van der Waals surface area (Å²) in [5.74, 6) is -0.149. The van der Waals surface area contributed by atoms with E-state index in [0.29, 0.717) is 25.4 Å². The molecule has 1 saturated heterocycles. The molecule has 1 aliphatic heterocycles. The molecule has 0 spiro atoms. The number of allylic oxidation sites excluding steroid dienone is 1. The predicted molar refractivity (Wildman–Crippen MR) is 129 cm³/mol. The largest absolute Gasteiger partial charge is 0.481 e. The summed E-state index contributed by atoms with van der Waals surface area (Å²) in [5, 5.41) is 11.0. The van der Waals surface area contributed by atoms with Gasteiger partial charge >= 0.3 is 5.97 Å². The number of aliphatic carboxylic acids is 1. The van der Waals surface area contributed by atoms with Gasteiger partial charge in [0.1, 0.15) is 11.7 Å². The number of halogens is 2. The zero-order valence-electron chi connectivity index (χ0n) is 21.7. The summed E-state index contributed by atoms with van der Waals surface area (Å²) in [4.78, 5) is 28.4. The van der Waals surface area contributed by atoms with Crippen molar-refractivity contribution in [1.29, 1.82) is 0 Å². The van der Waals surface area contributed by atoms with Crippen molar-refractivity contribution in [1.82, 2.24) is 4.90 Å². The molecule has 8 heteroatoms. The standard InChI is InChI=1S/C28H39F2NO5/c1-16(2)22-9-19-10-26(14-32)21-6-5-17(3)20(21)11-27(19,28(22,26)25(33)34)15-35-24-13-31(8-7-23(29)30)12-18(4)36-24/h7,9,14,16-21,24H,5-6,8,10-13,15H2,1-4H3,(H,33,34)/t17-,18-,19+,20-,21-,24-,26-,27+,28+/m1/s1. The molecule has 1 heterocycles. The molecular formula is C28H39F2NO5. The second kappa shape index (κ2) is 8.98. The molecule has 0 aromatic carbocycles. The number of carbonyl (C=O) groups excluding carboxylic acids is 1. The Hall–Kier alpha value is -1.64. The summed E-state index contributed by atoms with van der Waals surface area (Å²) in [6, 6.07) is 0. The van der Waals surface area contributed by atoms with E-state index in [1.54, 1.807) is 0 Å². The smallest absolute Gasteiger partial charge is 0.315 e. The van der Waals surface area contributed by atoms with Crippen molar-refractivity contribution in [3.8, 4) is 0 Å². The Kier molecular flexibility index (Phi) is 6.48. The van der Waals surface area contributed by atoms with E-state index in [4.69, 9.17) is 9.47 Å². The lowest BCUT2D eigenvalue weighted by Gasteiger charge is -2.58. The quantitative estimate of drug-likeness (QED) is 0.377. The Labute approximate surface area is 212 Å². The van der Waals surface area contributed by atoms with E-state index in [0.717, 1.165) is 37.2 Å². The van der Waals surface area contributed by atoms with Gasteiger partial charge in [-0.05, 0) is 61.9 Å². The Morgan fingerprint density at radius 1 is 1.28 bits per heavy atom.